The molecule has 20 heavy (non-hydrogen) atoms. The Hall–Kier alpha value is -2.34. The van der Waals surface area contributed by atoms with E-state index in [1.165, 1.54) is 0 Å². The third-order valence-electron chi connectivity index (χ3n) is 3.27. The highest BCUT2D eigenvalue weighted by molar-refractivity contribution is 7.25. The second kappa shape index (κ2) is 4.35. The Morgan fingerprint density at radius 1 is 1.15 bits per heavy atom. The summed E-state index contributed by atoms with van der Waals surface area (Å²) in [6.45, 7) is 2.09. The molecule has 0 bridgehead atoms. The molecule has 0 fully saturated rings. The van der Waals surface area contributed by atoms with Gasteiger partial charge in [0.05, 0.1) is 10.2 Å². The summed E-state index contributed by atoms with van der Waals surface area (Å²) in [7, 11) is 0. The van der Waals surface area contributed by atoms with Crippen LogP contribution in [-0.4, -0.2) is 24.5 Å². The second-order valence-corrected chi connectivity index (χ2v) is 5.40. The Balaban J connectivity index is 2.10. The van der Waals surface area contributed by atoms with Gasteiger partial charge in [-0.05, 0) is 12.1 Å². The molecule has 0 aliphatic heterocycles. The quantitative estimate of drug-likeness (QED) is 0.567. The van der Waals surface area contributed by atoms with Crippen LogP contribution in [0.5, 0.6) is 0 Å². The van der Waals surface area contributed by atoms with Crippen molar-refractivity contribution in [1.82, 2.24) is 24.5 Å². The first kappa shape index (κ1) is 11.5. The van der Waals surface area contributed by atoms with Crippen molar-refractivity contribution >= 4 is 31.8 Å². The molecule has 0 saturated heterocycles. The first-order valence-electron chi connectivity index (χ1n) is 6.39. The molecule has 0 aromatic carbocycles. The summed E-state index contributed by atoms with van der Waals surface area (Å²) in [6, 6.07) is 3.98. The Morgan fingerprint density at radius 2 is 2.10 bits per heavy atom. The lowest BCUT2D eigenvalue weighted by atomic mass is 10.3. The van der Waals surface area contributed by atoms with E-state index < -0.39 is 0 Å². The van der Waals surface area contributed by atoms with Crippen LogP contribution in [0.1, 0.15) is 12.7 Å². The number of rotatable bonds is 2. The minimum atomic E-state index is 0.863. The second-order valence-electron chi connectivity index (χ2n) is 4.40. The van der Waals surface area contributed by atoms with Crippen LogP contribution in [0.2, 0.25) is 0 Å². The summed E-state index contributed by atoms with van der Waals surface area (Å²) in [5, 5.41) is 1.08. The van der Waals surface area contributed by atoms with Gasteiger partial charge in [-0.2, -0.15) is 0 Å². The highest BCUT2D eigenvalue weighted by atomic mass is 32.1. The average Bonchev–Trinajstić information content (AvgIpc) is 3.10. The normalized spacial score (nSPS) is 11.4. The fourth-order valence-electron chi connectivity index (χ4n) is 2.36. The van der Waals surface area contributed by atoms with Crippen molar-refractivity contribution in [3.8, 4) is 5.82 Å². The van der Waals surface area contributed by atoms with Crippen molar-refractivity contribution in [2.45, 2.75) is 13.3 Å². The Bertz CT molecular complexity index is 908. The molecule has 0 spiro atoms. The Labute approximate surface area is 119 Å². The molecule has 0 saturated carbocycles. The molecule has 4 heterocycles. The lowest BCUT2D eigenvalue weighted by molar-refractivity contribution is 0.872. The standard InChI is InChI=1S/C14H11N5S/c1-2-10-15-6-7-19(10)13-12-11(17-8-18-13)9-4-3-5-16-14(9)20-12/h3-8H,2H2,1H3. The van der Waals surface area contributed by atoms with Crippen LogP contribution >= 0.6 is 11.3 Å². The van der Waals surface area contributed by atoms with Gasteiger partial charge in [0, 0.05) is 30.4 Å². The van der Waals surface area contributed by atoms with Gasteiger partial charge in [-0.3, -0.25) is 4.57 Å². The number of aryl methyl sites for hydroxylation is 1. The van der Waals surface area contributed by atoms with Crippen LogP contribution in [0.25, 0.3) is 26.3 Å². The largest absolute Gasteiger partial charge is 0.287 e. The number of aromatic nitrogens is 5. The predicted molar refractivity (Wildman–Crippen MR) is 79.2 cm³/mol. The number of hydrogen-bond acceptors (Lipinski definition) is 5. The maximum absolute atomic E-state index is 4.45. The first-order valence-corrected chi connectivity index (χ1v) is 7.21. The summed E-state index contributed by atoms with van der Waals surface area (Å²) in [6.07, 6.45) is 8.02. The molecule has 98 valence electrons. The lowest BCUT2D eigenvalue weighted by Crippen LogP contribution is -2.01. The van der Waals surface area contributed by atoms with Crippen molar-refractivity contribution in [3.63, 3.8) is 0 Å². The molecule has 4 aromatic heterocycles. The molecular weight excluding hydrogens is 270 g/mol. The van der Waals surface area contributed by atoms with Crippen LogP contribution in [-0.2, 0) is 6.42 Å². The average molecular weight is 281 g/mol. The Kier molecular flexibility index (Phi) is 2.50. The van der Waals surface area contributed by atoms with E-state index >= 15 is 0 Å². The minimum Gasteiger partial charge on any atom is -0.287 e. The molecule has 0 N–H and O–H groups in total. The molecule has 4 aromatic rings. The van der Waals surface area contributed by atoms with Gasteiger partial charge < -0.3 is 0 Å². The molecule has 5 nitrogen and oxygen atoms in total. The third-order valence-corrected chi connectivity index (χ3v) is 4.37. The van der Waals surface area contributed by atoms with Crippen molar-refractivity contribution in [1.29, 1.82) is 0 Å². The maximum atomic E-state index is 4.45. The van der Waals surface area contributed by atoms with Crippen LogP contribution in [0.4, 0.5) is 0 Å². The smallest absolute Gasteiger partial charge is 0.159 e. The van der Waals surface area contributed by atoms with Gasteiger partial charge in [0.15, 0.2) is 5.82 Å². The minimum absolute atomic E-state index is 0.863. The highest BCUT2D eigenvalue weighted by Gasteiger charge is 2.14. The van der Waals surface area contributed by atoms with Gasteiger partial charge in [-0.15, -0.1) is 11.3 Å². The van der Waals surface area contributed by atoms with E-state index in [1.54, 1.807) is 30.1 Å². The molecule has 0 amide bonds. The van der Waals surface area contributed by atoms with Gasteiger partial charge in [-0.25, -0.2) is 19.9 Å². The zero-order chi connectivity index (χ0) is 13.5. The van der Waals surface area contributed by atoms with Crippen LogP contribution in [0, 0.1) is 0 Å². The summed E-state index contributed by atoms with van der Waals surface area (Å²) >= 11 is 1.62. The van der Waals surface area contributed by atoms with E-state index in [1.807, 2.05) is 22.9 Å². The molecule has 0 unspecified atom stereocenters. The zero-order valence-electron chi connectivity index (χ0n) is 10.8. The number of thiophene rings is 1. The van der Waals surface area contributed by atoms with Gasteiger partial charge >= 0.3 is 0 Å². The van der Waals surface area contributed by atoms with Crippen LogP contribution in [0.15, 0.2) is 37.1 Å². The number of nitrogens with zero attached hydrogens (tertiary/aromatic N) is 5. The topological polar surface area (TPSA) is 56.5 Å². The van der Waals surface area contributed by atoms with Crippen LogP contribution < -0.4 is 0 Å². The number of pyridine rings is 1. The molecule has 0 aliphatic carbocycles. The van der Waals surface area contributed by atoms with E-state index in [9.17, 15) is 0 Å². The molecule has 0 atom stereocenters. The lowest BCUT2D eigenvalue weighted by Gasteiger charge is -2.05. The van der Waals surface area contributed by atoms with Gasteiger partial charge in [-0.1, -0.05) is 6.92 Å². The fourth-order valence-corrected chi connectivity index (χ4v) is 3.44. The van der Waals surface area contributed by atoms with E-state index in [0.29, 0.717) is 0 Å². The van der Waals surface area contributed by atoms with E-state index in [-0.39, 0.29) is 0 Å². The number of imidazole rings is 1. The predicted octanol–water partition coefficient (Wildman–Crippen LogP) is 2.99. The Morgan fingerprint density at radius 3 is 3.00 bits per heavy atom. The molecule has 0 aliphatic rings. The monoisotopic (exact) mass is 281 g/mol. The van der Waals surface area contributed by atoms with Crippen molar-refractivity contribution in [2.24, 2.45) is 0 Å². The maximum Gasteiger partial charge on any atom is 0.159 e. The summed E-state index contributed by atoms with van der Waals surface area (Å²) in [4.78, 5) is 18.6. The van der Waals surface area contributed by atoms with Gasteiger partial charge in [0.25, 0.3) is 0 Å². The molecular formula is C14H11N5S. The molecule has 0 radical (unpaired) electrons. The van der Waals surface area contributed by atoms with Gasteiger partial charge in [0.2, 0.25) is 0 Å². The van der Waals surface area contributed by atoms with Crippen molar-refractivity contribution in [3.05, 3.63) is 42.9 Å². The zero-order valence-corrected chi connectivity index (χ0v) is 11.6. The summed E-state index contributed by atoms with van der Waals surface area (Å²) < 4.78 is 3.08. The molecule has 4 rings (SSSR count). The first-order chi connectivity index (χ1) is 9.88. The van der Waals surface area contributed by atoms with Crippen molar-refractivity contribution in [2.75, 3.05) is 0 Å². The summed E-state index contributed by atoms with van der Waals surface area (Å²) in [5.41, 5.74) is 0.957. The molecule has 6 heteroatoms. The highest BCUT2D eigenvalue weighted by Crippen LogP contribution is 2.33. The van der Waals surface area contributed by atoms with Crippen LogP contribution in [0.3, 0.4) is 0 Å². The third kappa shape index (κ3) is 1.55. The van der Waals surface area contributed by atoms with Crippen molar-refractivity contribution < 1.29 is 0 Å². The van der Waals surface area contributed by atoms with Gasteiger partial charge in [0.1, 0.15) is 17.0 Å². The van der Waals surface area contributed by atoms with E-state index in [4.69, 9.17) is 0 Å². The number of fused-ring (bicyclic) bond motifs is 3. The van der Waals surface area contributed by atoms with E-state index in [2.05, 4.69) is 26.9 Å². The fraction of sp³-hybridized carbons (Fsp3) is 0.143. The summed E-state index contributed by atoms with van der Waals surface area (Å²) in [5.74, 6) is 1.88. The van der Waals surface area contributed by atoms with E-state index in [0.717, 1.165) is 38.5 Å². The number of hydrogen-bond donors (Lipinski definition) is 0. The SMILES string of the molecule is CCc1nccn1-c1ncnc2c1sc1ncccc12.